The fourth-order valence-corrected chi connectivity index (χ4v) is 2.06. The highest BCUT2D eigenvalue weighted by molar-refractivity contribution is 5.92. The van der Waals surface area contributed by atoms with Crippen molar-refractivity contribution in [2.45, 2.75) is 13.5 Å². The number of nitrogen functional groups attached to an aromatic ring is 1. The predicted octanol–water partition coefficient (Wildman–Crippen LogP) is 1.82. The van der Waals surface area contributed by atoms with E-state index in [9.17, 15) is 4.79 Å². The summed E-state index contributed by atoms with van der Waals surface area (Å²) in [6, 6.07) is 5.14. The van der Waals surface area contributed by atoms with E-state index in [1.165, 1.54) is 0 Å². The van der Waals surface area contributed by atoms with E-state index in [4.69, 9.17) is 10.5 Å². The van der Waals surface area contributed by atoms with Gasteiger partial charge in [-0.05, 0) is 25.1 Å². The molecule has 0 aliphatic heterocycles. The van der Waals surface area contributed by atoms with Crippen molar-refractivity contribution in [1.29, 1.82) is 0 Å². The Bertz CT molecular complexity index is 636. The van der Waals surface area contributed by atoms with Gasteiger partial charge >= 0.3 is 5.97 Å². The molecule has 0 atom stereocenters. The van der Waals surface area contributed by atoms with Gasteiger partial charge in [-0.25, -0.2) is 9.78 Å². The number of carbonyl (C=O) groups is 1. The molecule has 2 aromatic rings. The number of esters is 1. The lowest BCUT2D eigenvalue weighted by molar-refractivity contribution is 0.0526. The monoisotopic (exact) mass is 288 g/mol. The van der Waals surface area contributed by atoms with E-state index in [2.05, 4.69) is 4.98 Å². The second-order valence-electron chi connectivity index (χ2n) is 4.80. The number of hydrogen-bond acceptors (Lipinski definition) is 5. The lowest BCUT2D eigenvalue weighted by Gasteiger charge is -2.21. The second-order valence-corrected chi connectivity index (χ2v) is 4.80. The van der Waals surface area contributed by atoms with Crippen LogP contribution in [0.1, 0.15) is 23.1 Å². The van der Waals surface area contributed by atoms with Gasteiger partial charge in [0.25, 0.3) is 0 Å². The first-order chi connectivity index (χ1) is 10.0. The van der Waals surface area contributed by atoms with Crippen molar-refractivity contribution in [3.05, 3.63) is 42.0 Å². The third-order valence-corrected chi connectivity index (χ3v) is 3.25. The van der Waals surface area contributed by atoms with Gasteiger partial charge in [-0.1, -0.05) is 0 Å². The van der Waals surface area contributed by atoms with Crippen molar-refractivity contribution in [1.82, 2.24) is 9.55 Å². The molecule has 6 heteroatoms. The highest BCUT2D eigenvalue weighted by atomic mass is 16.5. The zero-order valence-electron chi connectivity index (χ0n) is 12.5. The lowest BCUT2D eigenvalue weighted by atomic mass is 10.1. The SMILES string of the molecule is CCOC(=O)c1ccc(N)c(N(C)Cc2nccn2C)c1. The van der Waals surface area contributed by atoms with Gasteiger partial charge in [-0.2, -0.15) is 0 Å². The van der Waals surface area contributed by atoms with Crippen LogP contribution in [0.25, 0.3) is 0 Å². The molecule has 0 radical (unpaired) electrons. The summed E-state index contributed by atoms with van der Waals surface area (Å²) in [5, 5.41) is 0. The van der Waals surface area contributed by atoms with Crippen LogP contribution in [0.4, 0.5) is 11.4 Å². The molecule has 1 aromatic carbocycles. The maximum absolute atomic E-state index is 11.8. The Kier molecular flexibility index (Phi) is 4.47. The summed E-state index contributed by atoms with van der Waals surface area (Å²) in [4.78, 5) is 18.0. The van der Waals surface area contributed by atoms with Gasteiger partial charge in [0, 0.05) is 26.5 Å². The maximum atomic E-state index is 11.8. The number of nitrogens with two attached hydrogens (primary N) is 1. The van der Waals surface area contributed by atoms with Crippen molar-refractivity contribution in [2.24, 2.45) is 7.05 Å². The Morgan fingerprint density at radius 1 is 1.48 bits per heavy atom. The van der Waals surface area contributed by atoms with Crippen molar-refractivity contribution in [3.8, 4) is 0 Å². The molecule has 1 aromatic heterocycles. The number of ether oxygens (including phenoxy) is 1. The van der Waals surface area contributed by atoms with Gasteiger partial charge in [-0.15, -0.1) is 0 Å². The first kappa shape index (κ1) is 14.9. The number of nitrogens with zero attached hydrogens (tertiary/aromatic N) is 3. The number of imidazole rings is 1. The van der Waals surface area contributed by atoms with E-state index in [1.54, 1.807) is 31.3 Å². The summed E-state index contributed by atoms with van der Waals surface area (Å²) in [7, 11) is 3.85. The molecular formula is C15H20N4O2. The zero-order chi connectivity index (χ0) is 15.4. The quantitative estimate of drug-likeness (QED) is 0.671. The highest BCUT2D eigenvalue weighted by Gasteiger charge is 2.13. The minimum absolute atomic E-state index is 0.343. The Morgan fingerprint density at radius 2 is 2.24 bits per heavy atom. The Labute approximate surface area is 124 Å². The number of carbonyl (C=O) groups excluding carboxylic acids is 1. The van der Waals surface area contributed by atoms with Crippen LogP contribution in [0.3, 0.4) is 0 Å². The molecule has 0 saturated heterocycles. The molecule has 0 fully saturated rings. The number of rotatable bonds is 5. The average Bonchev–Trinajstić information content (AvgIpc) is 2.85. The van der Waals surface area contributed by atoms with Gasteiger partial charge in [0.2, 0.25) is 0 Å². The van der Waals surface area contributed by atoms with Crippen LogP contribution in [0.5, 0.6) is 0 Å². The molecule has 1 heterocycles. The van der Waals surface area contributed by atoms with Crippen molar-refractivity contribution in [2.75, 3.05) is 24.3 Å². The summed E-state index contributed by atoms with van der Waals surface area (Å²) in [5.74, 6) is 0.572. The largest absolute Gasteiger partial charge is 0.462 e. The first-order valence-corrected chi connectivity index (χ1v) is 6.77. The van der Waals surface area contributed by atoms with E-state index in [1.807, 2.05) is 29.8 Å². The lowest BCUT2D eigenvalue weighted by Crippen LogP contribution is -2.20. The summed E-state index contributed by atoms with van der Waals surface area (Å²) >= 11 is 0. The molecule has 0 bridgehead atoms. The van der Waals surface area contributed by atoms with Gasteiger partial charge in [0.15, 0.2) is 0 Å². The topological polar surface area (TPSA) is 73.4 Å². The molecule has 0 unspecified atom stereocenters. The molecule has 2 N–H and O–H groups in total. The van der Waals surface area contributed by atoms with E-state index in [-0.39, 0.29) is 5.97 Å². The predicted molar refractivity (Wildman–Crippen MR) is 82.1 cm³/mol. The minimum atomic E-state index is -0.343. The molecule has 0 spiro atoms. The molecule has 0 saturated carbocycles. The Morgan fingerprint density at radius 3 is 2.86 bits per heavy atom. The number of benzene rings is 1. The van der Waals surface area contributed by atoms with Gasteiger partial charge in [0.05, 0.1) is 30.1 Å². The van der Waals surface area contributed by atoms with Gasteiger partial charge < -0.3 is 19.9 Å². The van der Waals surface area contributed by atoms with E-state index >= 15 is 0 Å². The molecule has 0 aliphatic rings. The second kappa shape index (κ2) is 6.30. The molecule has 0 aliphatic carbocycles. The van der Waals surface area contributed by atoms with Crippen LogP contribution in [-0.2, 0) is 18.3 Å². The molecule has 21 heavy (non-hydrogen) atoms. The summed E-state index contributed by atoms with van der Waals surface area (Å²) in [6.07, 6.45) is 3.64. The first-order valence-electron chi connectivity index (χ1n) is 6.77. The molecule has 112 valence electrons. The van der Waals surface area contributed by atoms with Crippen LogP contribution in [0.2, 0.25) is 0 Å². The van der Waals surface area contributed by atoms with Crippen LogP contribution >= 0.6 is 0 Å². The van der Waals surface area contributed by atoms with Crippen molar-refractivity contribution in [3.63, 3.8) is 0 Å². The number of anilines is 2. The van der Waals surface area contributed by atoms with Crippen LogP contribution in [0, 0.1) is 0 Å². The fraction of sp³-hybridized carbons (Fsp3) is 0.333. The number of aryl methyl sites for hydroxylation is 1. The van der Waals surface area contributed by atoms with E-state index in [0.717, 1.165) is 11.5 Å². The van der Waals surface area contributed by atoms with Gasteiger partial charge in [-0.3, -0.25) is 0 Å². The normalized spacial score (nSPS) is 10.4. The van der Waals surface area contributed by atoms with Gasteiger partial charge in [0.1, 0.15) is 5.82 Å². The third-order valence-electron chi connectivity index (χ3n) is 3.25. The Balaban J connectivity index is 2.23. The van der Waals surface area contributed by atoms with Crippen LogP contribution in [0.15, 0.2) is 30.6 Å². The number of aromatic nitrogens is 2. The maximum Gasteiger partial charge on any atom is 0.338 e. The molecule has 0 amide bonds. The number of hydrogen-bond donors (Lipinski definition) is 1. The molecule has 2 rings (SSSR count). The highest BCUT2D eigenvalue weighted by Crippen LogP contribution is 2.25. The van der Waals surface area contributed by atoms with Crippen LogP contribution < -0.4 is 10.6 Å². The smallest absolute Gasteiger partial charge is 0.338 e. The van der Waals surface area contributed by atoms with Crippen LogP contribution in [-0.4, -0.2) is 29.2 Å². The standard InChI is InChI=1S/C15H20N4O2/c1-4-21-15(20)11-5-6-12(16)13(9-11)19(3)10-14-17-7-8-18(14)2/h5-9H,4,10,16H2,1-3H3. The fourth-order valence-electron chi connectivity index (χ4n) is 2.06. The third kappa shape index (κ3) is 3.34. The van der Waals surface area contributed by atoms with E-state index < -0.39 is 0 Å². The summed E-state index contributed by atoms with van der Waals surface area (Å²) in [5.41, 5.74) is 7.90. The summed E-state index contributed by atoms with van der Waals surface area (Å²) in [6.45, 7) is 2.73. The average molecular weight is 288 g/mol. The van der Waals surface area contributed by atoms with E-state index in [0.29, 0.717) is 24.4 Å². The summed E-state index contributed by atoms with van der Waals surface area (Å²) < 4.78 is 6.96. The Hall–Kier alpha value is -2.50. The molecular weight excluding hydrogens is 268 g/mol. The molecule has 6 nitrogen and oxygen atoms in total. The zero-order valence-corrected chi connectivity index (χ0v) is 12.5. The van der Waals surface area contributed by atoms with Crippen molar-refractivity contribution >= 4 is 17.3 Å². The van der Waals surface area contributed by atoms with Crippen molar-refractivity contribution < 1.29 is 9.53 Å². The minimum Gasteiger partial charge on any atom is -0.462 e.